The average Bonchev–Trinajstić information content (AvgIpc) is 2.34. The van der Waals surface area contributed by atoms with Crippen molar-refractivity contribution in [2.24, 2.45) is 0 Å². The third-order valence-electron chi connectivity index (χ3n) is 2.56. The molecule has 8 nitrogen and oxygen atoms in total. The van der Waals surface area contributed by atoms with Crippen LogP contribution in [0, 0.1) is 17.0 Å². The van der Waals surface area contributed by atoms with Crippen molar-refractivity contribution in [1.82, 2.24) is 0 Å². The molecule has 0 N–H and O–H groups in total. The lowest BCUT2D eigenvalue weighted by Gasteiger charge is -2.22. The van der Waals surface area contributed by atoms with Crippen molar-refractivity contribution in [2.75, 3.05) is 24.2 Å². The van der Waals surface area contributed by atoms with Crippen LogP contribution < -0.4 is 4.31 Å². The van der Waals surface area contributed by atoms with E-state index in [4.69, 9.17) is 0 Å². The highest BCUT2D eigenvalue weighted by atomic mass is 32.2. The molecule has 0 saturated carbocycles. The topological polar surface area (TPSA) is 107 Å². The molecule has 0 spiro atoms. The molecule has 0 aromatic heterocycles. The van der Waals surface area contributed by atoms with Gasteiger partial charge in [-0.2, -0.15) is 0 Å². The van der Waals surface area contributed by atoms with Crippen LogP contribution in [0.1, 0.15) is 5.56 Å². The SMILES string of the molecule is COC(=O)CN(c1ccc([N+](=O)[O-])cc1C)S(C)(=O)=O. The number of sulfonamides is 1. The Morgan fingerprint density at radius 1 is 1.45 bits per heavy atom. The lowest BCUT2D eigenvalue weighted by Crippen LogP contribution is -2.35. The predicted octanol–water partition coefficient (Wildman–Crippen LogP) is 0.842. The first-order valence-corrected chi connectivity index (χ1v) is 7.31. The van der Waals surface area contributed by atoms with E-state index >= 15 is 0 Å². The summed E-state index contributed by atoms with van der Waals surface area (Å²) < 4.78 is 28.8. The monoisotopic (exact) mass is 302 g/mol. The number of nitrogens with zero attached hydrogens (tertiary/aromatic N) is 2. The van der Waals surface area contributed by atoms with Crippen LogP contribution >= 0.6 is 0 Å². The second-order valence-corrected chi connectivity index (χ2v) is 5.98. The van der Waals surface area contributed by atoms with Crippen molar-refractivity contribution < 1.29 is 22.9 Å². The summed E-state index contributed by atoms with van der Waals surface area (Å²) in [5, 5.41) is 10.7. The third-order valence-corrected chi connectivity index (χ3v) is 3.69. The molecule has 0 amide bonds. The highest BCUT2D eigenvalue weighted by molar-refractivity contribution is 7.92. The standard InChI is InChI=1S/C11H14N2O6S/c1-8-6-9(13(15)16)4-5-10(8)12(20(3,17)18)7-11(14)19-2/h4-6H,7H2,1-3H3. The molecular formula is C11H14N2O6S. The number of nitro groups is 1. The summed E-state index contributed by atoms with van der Waals surface area (Å²) in [5.41, 5.74) is 0.412. The molecule has 110 valence electrons. The van der Waals surface area contributed by atoms with Gasteiger partial charge in [0.2, 0.25) is 10.0 Å². The number of hydrogen-bond donors (Lipinski definition) is 0. The van der Waals surface area contributed by atoms with Crippen LogP contribution in [0.4, 0.5) is 11.4 Å². The van der Waals surface area contributed by atoms with Crippen LogP contribution in [0.2, 0.25) is 0 Å². The van der Waals surface area contributed by atoms with Crippen LogP contribution in [0.5, 0.6) is 0 Å². The smallest absolute Gasteiger partial charge is 0.326 e. The Kier molecular flexibility index (Phi) is 4.66. The van der Waals surface area contributed by atoms with Gasteiger partial charge in [-0.05, 0) is 18.6 Å². The lowest BCUT2D eigenvalue weighted by atomic mass is 10.2. The van der Waals surface area contributed by atoms with Gasteiger partial charge in [0, 0.05) is 12.1 Å². The normalized spacial score (nSPS) is 10.9. The predicted molar refractivity (Wildman–Crippen MR) is 72.0 cm³/mol. The van der Waals surface area contributed by atoms with Crippen molar-refractivity contribution in [2.45, 2.75) is 6.92 Å². The number of carbonyl (C=O) groups excluding carboxylic acids is 1. The number of esters is 1. The first-order valence-electron chi connectivity index (χ1n) is 5.46. The van der Waals surface area contributed by atoms with Crippen molar-refractivity contribution in [3.8, 4) is 0 Å². The van der Waals surface area contributed by atoms with Crippen LogP contribution in [0.15, 0.2) is 18.2 Å². The van der Waals surface area contributed by atoms with E-state index < -0.39 is 27.5 Å². The molecule has 0 heterocycles. The first kappa shape index (κ1) is 15.9. The highest BCUT2D eigenvalue weighted by Gasteiger charge is 2.23. The number of rotatable bonds is 5. The van der Waals surface area contributed by atoms with Crippen LogP contribution in [0.3, 0.4) is 0 Å². The molecule has 1 rings (SSSR count). The number of aryl methyl sites for hydroxylation is 1. The minimum atomic E-state index is -3.72. The van der Waals surface area contributed by atoms with E-state index in [-0.39, 0.29) is 11.4 Å². The summed E-state index contributed by atoms with van der Waals surface area (Å²) in [6, 6.07) is 3.71. The number of carbonyl (C=O) groups is 1. The summed E-state index contributed by atoms with van der Waals surface area (Å²) in [6.07, 6.45) is 0.941. The molecule has 9 heteroatoms. The number of non-ortho nitro benzene ring substituents is 1. The Balaban J connectivity index is 3.28. The van der Waals surface area contributed by atoms with E-state index in [1.54, 1.807) is 0 Å². The molecule has 1 aromatic rings. The van der Waals surface area contributed by atoms with Gasteiger partial charge in [0.15, 0.2) is 0 Å². The molecule has 0 aliphatic heterocycles. The third kappa shape index (κ3) is 3.67. The molecule has 0 bridgehead atoms. The van der Waals surface area contributed by atoms with Gasteiger partial charge < -0.3 is 4.74 Å². The van der Waals surface area contributed by atoms with Crippen molar-refractivity contribution in [1.29, 1.82) is 0 Å². The van der Waals surface area contributed by atoms with Gasteiger partial charge in [0.05, 0.1) is 24.0 Å². The number of nitro benzene ring substituents is 1. The van der Waals surface area contributed by atoms with Gasteiger partial charge >= 0.3 is 5.97 Å². The number of ether oxygens (including phenoxy) is 1. The summed E-state index contributed by atoms with van der Waals surface area (Å²) >= 11 is 0. The average molecular weight is 302 g/mol. The number of anilines is 1. The van der Waals surface area contributed by atoms with Crippen LogP contribution in [-0.2, 0) is 19.6 Å². The zero-order valence-corrected chi connectivity index (χ0v) is 12.0. The molecule has 0 radical (unpaired) electrons. The van der Waals surface area contributed by atoms with Crippen molar-refractivity contribution in [3.63, 3.8) is 0 Å². The first-order chi connectivity index (χ1) is 9.16. The number of benzene rings is 1. The highest BCUT2D eigenvalue weighted by Crippen LogP contribution is 2.26. The van der Waals surface area contributed by atoms with E-state index in [0.717, 1.165) is 17.7 Å². The molecule has 1 aromatic carbocycles. The summed E-state index contributed by atoms with van der Waals surface area (Å²) in [4.78, 5) is 21.4. The molecule has 0 fully saturated rings. The van der Waals surface area contributed by atoms with Gasteiger partial charge in [-0.25, -0.2) is 8.42 Å². The Morgan fingerprint density at radius 3 is 2.45 bits per heavy atom. The zero-order chi connectivity index (χ0) is 15.5. The quantitative estimate of drug-likeness (QED) is 0.453. The Labute approximate surface area is 116 Å². The molecule has 0 unspecified atom stereocenters. The maximum absolute atomic E-state index is 11.7. The van der Waals surface area contributed by atoms with Gasteiger partial charge in [-0.3, -0.25) is 19.2 Å². The van der Waals surface area contributed by atoms with Gasteiger partial charge in [-0.1, -0.05) is 0 Å². The maximum atomic E-state index is 11.7. The van der Waals surface area contributed by atoms with Gasteiger partial charge in [-0.15, -0.1) is 0 Å². The number of hydrogen-bond acceptors (Lipinski definition) is 6. The Hall–Kier alpha value is -2.16. The van der Waals surface area contributed by atoms with Crippen molar-refractivity contribution in [3.05, 3.63) is 33.9 Å². The fourth-order valence-corrected chi connectivity index (χ4v) is 2.50. The number of methoxy groups -OCH3 is 1. The Bertz CT molecular complexity index is 640. The summed E-state index contributed by atoms with van der Waals surface area (Å²) in [7, 11) is -2.57. The second-order valence-electron chi connectivity index (χ2n) is 4.07. The molecule has 0 aliphatic carbocycles. The van der Waals surface area contributed by atoms with Crippen LogP contribution in [-0.4, -0.2) is 39.2 Å². The van der Waals surface area contributed by atoms with Gasteiger partial charge in [0.25, 0.3) is 5.69 Å². The fourth-order valence-electron chi connectivity index (χ4n) is 1.60. The summed E-state index contributed by atoms with van der Waals surface area (Å²) in [6.45, 7) is 1.03. The molecule has 0 saturated heterocycles. The molecule has 20 heavy (non-hydrogen) atoms. The zero-order valence-electron chi connectivity index (χ0n) is 11.2. The lowest BCUT2D eigenvalue weighted by molar-refractivity contribution is -0.384. The van der Waals surface area contributed by atoms with Crippen LogP contribution in [0.25, 0.3) is 0 Å². The summed E-state index contributed by atoms with van der Waals surface area (Å²) in [5.74, 6) is -0.729. The second kappa shape index (κ2) is 5.87. The minimum absolute atomic E-state index is 0.155. The molecule has 0 atom stereocenters. The van der Waals surface area contributed by atoms with Gasteiger partial charge in [0.1, 0.15) is 6.54 Å². The minimum Gasteiger partial charge on any atom is -0.468 e. The Morgan fingerprint density at radius 2 is 2.05 bits per heavy atom. The largest absolute Gasteiger partial charge is 0.468 e. The van der Waals surface area contributed by atoms with E-state index in [0.29, 0.717) is 5.56 Å². The van der Waals surface area contributed by atoms with Crippen molar-refractivity contribution >= 4 is 27.4 Å². The molecule has 0 aliphatic rings. The molecular weight excluding hydrogens is 288 g/mol. The van der Waals surface area contributed by atoms with E-state index in [2.05, 4.69) is 4.74 Å². The van der Waals surface area contributed by atoms with E-state index in [1.165, 1.54) is 25.1 Å². The van der Waals surface area contributed by atoms with E-state index in [9.17, 15) is 23.3 Å². The van der Waals surface area contributed by atoms with E-state index in [1.807, 2.05) is 0 Å². The maximum Gasteiger partial charge on any atom is 0.326 e. The fraction of sp³-hybridized carbons (Fsp3) is 0.364.